The Morgan fingerprint density at radius 1 is 1.44 bits per heavy atom. The Morgan fingerprint density at radius 2 is 2.06 bits per heavy atom. The number of nitrogens with one attached hydrogen (secondary N) is 1. The summed E-state index contributed by atoms with van der Waals surface area (Å²) in [6.45, 7) is 3.86. The van der Waals surface area contributed by atoms with Crippen LogP contribution in [0.1, 0.15) is 30.8 Å². The number of halogens is 3. The molecule has 1 amide bonds. The van der Waals surface area contributed by atoms with Crippen LogP contribution in [-0.4, -0.2) is 16.9 Å². The van der Waals surface area contributed by atoms with E-state index in [0.717, 1.165) is 6.42 Å². The number of aromatic nitrogens is 1. The minimum Gasteiger partial charge on any atom is -0.348 e. The standard InChI is InChI=1S/C10H11Cl3N2O/c1-3-5(2)15-10(16)9-8(13)7(12)6(11)4-14-9/h4-5H,3H2,1-2H3,(H,15,16)/t5-/m0/s1. The summed E-state index contributed by atoms with van der Waals surface area (Å²) < 4.78 is 0. The topological polar surface area (TPSA) is 42.0 Å². The smallest absolute Gasteiger partial charge is 0.271 e. The molecule has 88 valence electrons. The van der Waals surface area contributed by atoms with Gasteiger partial charge in [0.1, 0.15) is 5.69 Å². The van der Waals surface area contributed by atoms with Gasteiger partial charge in [0.25, 0.3) is 5.91 Å². The predicted octanol–water partition coefficient (Wildman–Crippen LogP) is 3.57. The minimum atomic E-state index is -0.349. The largest absolute Gasteiger partial charge is 0.348 e. The van der Waals surface area contributed by atoms with E-state index in [-0.39, 0.29) is 32.7 Å². The summed E-state index contributed by atoms with van der Waals surface area (Å²) in [6, 6.07) is 0.0554. The Kier molecular flexibility index (Phi) is 4.84. The van der Waals surface area contributed by atoms with Crippen molar-refractivity contribution < 1.29 is 4.79 Å². The van der Waals surface area contributed by atoms with Crippen LogP contribution in [0.25, 0.3) is 0 Å². The number of carbonyl (C=O) groups is 1. The average Bonchev–Trinajstić information content (AvgIpc) is 2.25. The van der Waals surface area contributed by atoms with Gasteiger partial charge in [0.15, 0.2) is 0 Å². The molecule has 0 aliphatic rings. The molecule has 0 radical (unpaired) electrons. The van der Waals surface area contributed by atoms with Gasteiger partial charge in [-0.15, -0.1) is 0 Å². The number of rotatable bonds is 3. The highest BCUT2D eigenvalue weighted by Crippen LogP contribution is 2.30. The zero-order chi connectivity index (χ0) is 12.3. The van der Waals surface area contributed by atoms with Gasteiger partial charge in [0.05, 0.1) is 15.1 Å². The molecule has 0 unspecified atom stereocenters. The fourth-order valence-electron chi connectivity index (χ4n) is 0.996. The van der Waals surface area contributed by atoms with E-state index in [2.05, 4.69) is 10.3 Å². The summed E-state index contributed by atoms with van der Waals surface area (Å²) in [7, 11) is 0. The lowest BCUT2D eigenvalue weighted by atomic mass is 10.2. The van der Waals surface area contributed by atoms with E-state index in [0.29, 0.717) is 0 Å². The Morgan fingerprint density at radius 3 is 2.62 bits per heavy atom. The van der Waals surface area contributed by atoms with Crippen molar-refractivity contribution in [2.75, 3.05) is 0 Å². The first kappa shape index (κ1) is 13.6. The fourth-order valence-corrected chi connectivity index (χ4v) is 1.56. The number of amides is 1. The molecule has 0 aliphatic heterocycles. The quantitative estimate of drug-likeness (QED) is 0.920. The van der Waals surface area contributed by atoms with Gasteiger partial charge in [-0.1, -0.05) is 41.7 Å². The van der Waals surface area contributed by atoms with Crippen LogP contribution >= 0.6 is 34.8 Å². The summed E-state index contributed by atoms with van der Waals surface area (Å²) in [5, 5.41) is 3.20. The molecule has 1 aromatic heterocycles. The predicted molar refractivity (Wildman–Crippen MR) is 66.5 cm³/mol. The van der Waals surface area contributed by atoms with E-state index in [1.54, 1.807) is 0 Å². The molecular weight excluding hydrogens is 270 g/mol. The molecule has 3 nitrogen and oxygen atoms in total. The van der Waals surface area contributed by atoms with Crippen LogP contribution in [0.2, 0.25) is 15.1 Å². The lowest BCUT2D eigenvalue weighted by molar-refractivity contribution is 0.0934. The van der Waals surface area contributed by atoms with Gasteiger partial charge in [0, 0.05) is 12.2 Å². The maximum absolute atomic E-state index is 11.7. The Balaban J connectivity index is 2.97. The highest BCUT2D eigenvalue weighted by Gasteiger charge is 2.17. The van der Waals surface area contributed by atoms with Gasteiger partial charge >= 0.3 is 0 Å². The summed E-state index contributed by atoms with van der Waals surface area (Å²) >= 11 is 17.4. The monoisotopic (exact) mass is 280 g/mol. The third-order valence-electron chi connectivity index (χ3n) is 2.12. The number of hydrogen-bond acceptors (Lipinski definition) is 2. The Hall–Kier alpha value is -0.510. The first-order chi connectivity index (χ1) is 7.47. The molecule has 0 bridgehead atoms. The molecule has 6 heteroatoms. The maximum atomic E-state index is 11.7. The van der Waals surface area contributed by atoms with E-state index in [1.165, 1.54) is 6.20 Å². The zero-order valence-electron chi connectivity index (χ0n) is 8.85. The first-order valence-electron chi connectivity index (χ1n) is 4.77. The van der Waals surface area contributed by atoms with Crippen LogP contribution in [0.3, 0.4) is 0 Å². The summed E-state index contributed by atoms with van der Waals surface area (Å²) in [5.74, 6) is -0.349. The number of carbonyl (C=O) groups excluding carboxylic acids is 1. The second-order valence-corrected chi connectivity index (χ2v) is 4.53. The Labute approximate surface area is 109 Å². The average molecular weight is 282 g/mol. The number of hydrogen-bond donors (Lipinski definition) is 1. The van der Waals surface area contributed by atoms with Crippen LogP contribution in [0.15, 0.2) is 6.20 Å². The highest BCUT2D eigenvalue weighted by molar-refractivity contribution is 6.48. The fraction of sp³-hybridized carbons (Fsp3) is 0.400. The van der Waals surface area contributed by atoms with Crippen LogP contribution < -0.4 is 5.32 Å². The van der Waals surface area contributed by atoms with Crippen LogP contribution in [-0.2, 0) is 0 Å². The molecule has 0 aliphatic carbocycles. The molecule has 1 heterocycles. The number of nitrogens with zero attached hydrogens (tertiary/aromatic N) is 1. The van der Waals surface area contributed by atoms with Crippen molar-refractivity contribution in [2.24, 2.45) is 0 Å². The third-order valence-corrected chi connectivity index (χ3v) is 3.36. The highest BCUT2D eigenvalue weighted by atomic mass is 35.5. The van der Waals surface area contributed by atoms with Crippen molar-refractivity contribution in [2.45, 2.75) is 26.3 Å². The molecule has 1 atom stereocenters. The van der Waals surface area contributed by atoms with Crippen molar-refractivity contribution in [1.82, 2.24) is 10.3 Å². The second-order valence-electron chi connectivity index (χ2n) is 3.37. The molecule has 1 N–H and O–H groups in total. The van der Waals surface area contributed by atoms with Crippen LogP contribution in [0, 0.1) is 0 Å². The van der Waals surface area contributed by atoms with Gasteiger partial charge in [0.2, 0.25) is 0 Å². The molecule has 0 saturated heterocycles. The van der Waals surface area contributed by atoms with E-state index in [1.807, 2.05) is 13.8 Å². The van der Waals surface area contributed by atoms with E-state index < -0.39 is 0 Å². The second kappa shape index (κ2) is 5.71. The molecule has 0 saturated carbocycles. The molecule has 0 aromatic carbocycles. The summed E-state index contributed by atoms with van der Waals surface area (Å²) in [6.07, 6.45) is 2.13. The van der Waals surface area contributed by atoms with Crippen LogP contribution in [0.5, 0.6) is 0 Å². The molecule has 16 heavy (non-hydrogen) atoms. The normalized spacial score (nSPS) is 12.3. The lowest BCUT2D eigenvalue weighted by Crippen LogP contribution is -2.32. The minimum absolute atomic E-state index is 0.0554. The maximum Gasteiger partial charge on any atom is 0.271 e. The van der Waals surface area contributed by atoms with Gasteiger partial charge in [-0.2, -0.15) is 0 Å². The lowest BCUT2D eigenvalue weighted by Gasteiger charge is -2.12. The molecule has 1 aromatic rings. The van der Waals surface area contributed by atoms with Gasteiger partial charge < -0.3 is 5.32 Å². The van der Waals surface area contributed by atoms with Crippen molar-refractivity contribution in [1.29, 1.82) is 0 Å². The Bertz CT molecular complexity index is 409. The SMILES string of the molecule is CC[C@H](C)NC(=O)c1ncc(Cl)c(Cl)c1Cl. The van der Waals surface area contributed by atoms with Crippen molar-refractivity contribution in [3.8, 4) is 0 Å². The van der Waals surface area contributed by atoms with Crippen molar-refractivity contribution in [3.63, 3.8) is 0 Å². The molecule has 1 rings (SSSR count). The zero-order valence-corrected chi connectivity index (χ0v) is 11.1. The summed E-state index contributed by atoms with van der Waals surface area (Å²) in [5.41, 5.74) is 0.0939. The third kappa shape index (κ3) is 3.00. The van der Waals surface area contributed by atoms with Crippen LogP contribution in [0.4, 0.5) is 0 Å². The van der Waals surface area contributed by atoms with Gasteiger partial charge in [-0.05, 0) is 13.3 Å². The molecule has 0 spiro atoms. The van der Waals surface area contributed by atoms with Crippen molar-refractivity contribution >= 4 is 40.7 Å². The number of pyridine rings is 1. The van der Waals surface area contributed by atoms with Crippen molar-refractivity contribution in [3.05, 3.63) is 27.0 Å². The molecular formula is C10H11Cl3N2O. The van der Waals surface area contributed by atoms with E-state index in [9.17, 15) is 4.79 Å². The van der Waals surface area contributed by atoms with E-state index in [4.69, 9.17) is 34.8 Å². The van der Waals surface area contributed by atoms with E-state index >= 15 is 0 Å². The van der Waals surface area contributed by atoms with Gasteiger partial charge in [-0.25, -0.2) is 4.98 Å². The summed E-state index contributed by atoms with van der Waals surface area (Å²) in [4.78, 5) is 15.6. The first-order valence-corrected chi connectivity index (χ1v) is 5.91. The van der Waals surface area contributed by atoms with Gasteiger partial charge in [-0.3, -0.25) is 4.79 Å². The molecule has 0 fully saturated rings.